The summed E-state index contributed by atoms with van der Waals surface area (Å²) in [5, 5.41) is 3.58. The predicted molar refractivity (Wildman–Crippen MR) is 108 cm³/mol. The SMILES string of the molecule is O=C(COc1ccc(OCc2ccccc2)cc1)Nc1cc(Cl)cc(Cl)c1. The van der Waals surface area contributed by atoms with Crippen LogP contribution in [0.2, 0.25) is 10.0 Å². The van der Waals surface area contributed by atoms with Crippen LogP contribution in [-0.4, -0.2) is 12.5 Å². The lowest BCUT2D eigenvalue weighted by atomic mass is 10.2. The number of ether oxygens (including phenoxy) is 2. The number of rotatable bonds is 7. The minimum Gasteiger partial charge on any atom is -0.489 e. The fourth-order valence-electron chi connectivity index (χ4n) is 2.34. The summed E-state index contributed by atoms with van der Waals surface area (Å²) in [6.45, 7) is 0.361. The molecular weight excluding hydrogens is 385 g/mol. The highest BCUT2D eigenvalue weighted by Gasteiger charge is 2.06. The predicted octanol–water partition coefficient (Wildman–Crippen LogP) is 5.59. The molecule has 3 aromatic rings. The number of anilines is 1. The zero-order chi connectivity index (χ0) is 19.1. The summed E-state index contributed by atoms with van der Waals surface area (Å²) in [5.74, 6) is 0.989. The van der Waals surface area contributed by atoms with E-state index in [1.54, 1.807) is 42.5 Å². The fourth-order valence-corrected chi connectivity index (χ4v) is 2.87. The molecule has 0 fully saturated rings. The van der Waals surface area contributed by atoms with Gasteiger partial charge < -0.3 is 14.8 Å². The Balaban J connectivity index is 1.47. The first-order valence-electron chi connectivity index (χ1n) is 8.24. The largest absolute Gasteiger partial charge is 0.489 e. The van der Waals surface area contributed by atoms with Crippen molar-refractivity contribution in [1.82, 2.24) is 0 Å². The zero-order valence-electron chi connectivity index (χ0n) is 14.3. The summed E-state index contributed by atoms with van der Waals surface area (Å²) in [5.41, 5.74) is 1.61. The Morgan fingerprint density at radius 1 is 0.815 bits per heavy atom. The van der Waals surface area contributed by atoms with E-state index in [1.165, 1.54) is 0 Å². The van der Waals surface area contributed by atoms with Crippen molar-refractivity contribution in [1.29, 1.82) is 0 Å². The molecule has 6 heteroatoms. The van der Waals surface area contributed by atoms with Crippen LogP contribution >= 0.6 is 23.2 Å². The number of carbonyl (C=O) groups excluding carboxylic acids is 1. The Labute approximate surface area is 167 Å². The molecule has 4 nitrogen and oxygen atoms in total. The first kappa shape index (κ1) is 19.1. The Morgan fingerprint density at radius 3 is 2.04 bits per heavy atom. The van der Waals surface area contributed by atoms with Gasteiger partial charge >= 0.3 is 0 Å². The topological polar surface area (TPSA) is 47.6 Å². The van der Waals surface area contributed by atoms with Crippen LogP contribution in [0, 0.1) is 0 Å². The van der Waals surface area contributed by atoms with Crippen molar-refractivity contribution >= 4 is 34.8 Å². The van der Waals surface area contributed by atoms with Crippen LogP contribution < -0.4 is 14.8 Å². The third kappa shape index (κ3) is 6.20. The molecule has 0 saturated carbocycles. The molecule has 0 bridgehead atoms. The Hall–Kier alpha value is -2.69. The molecule has 0 aliphatic heterocycles. The van der Waals surface area contributed by atoms with Gasteiger partial charge in [-0.15, -0.1) is 0 Å². The Kier molecular flexibility index (Phi) is 6.58. The number of amides is 1. The summed E-state index contributed by atoms with van der Waals surface area (Å²) in [6, 6.07) is 21.8. The highest BCUT2D eigenvalue weighted by atomic mass is 35.5. The molecule has 0 spiro atoms. The van der Waals surface area contributed by atoms with E-state index < -0.39 is 0 Å². The van der Waals surface area contributed by atoms with Gasteiger partial charge in [-0.1, -0.05) is 53.5 Å². The van der Waals surface area contributed by atoms with Crippen molar-refractivity contribution in [2.75, 3.05) is 11.9 Å². The van der Waals surface area contributed by atoms with E-state index in [2.05, 4.69) is 5.32 Å². The summed E-state index contributed by atoms with van der Waals surface area (Å²) in [4.78, 5) is 12.0. The second-order valence-electron chi connectivity index (χ2n) is 5.74. The van der Waals surface area contributed by atoms with E-state index >= 15 is 0 Å². The average molecular weight is 402 g/mol. The van der Waals surface area contributed by atoms with E-state index in [-0.39, 0.29) is 12.5 Å². The number of nitrogens with one attached hydrogen (secondary N) is 1. The first-order chi connectivity index (χ1) is 13.1. The monoisotopic (exact) mass is 401 g/mol. The summed E-state index contributed by atoms with van der Waals surface area (Å²) in [6.07, 6.45) is 0. The van der Waals surface area contributed by atoms with Gasteiger partial charge in [0.25, 0.3) is 5.91 Å². The van der Waals surface area contributed by atoms with Crippen LogP contribution in [0.25, 0.3) is 0 Å². The van der Waals surface area contributed by atoms with E-state index in [0.29, 0.717) is 28.1 Å². The number of benzene rings is 3. The van der Waals surface area contributed by atoms with Gasteiger partial charge in [0.2, 0.25) is 0 Å². The van der Waals surface area contributed by atoms with Gasteiger partial charge in [0.1, 0.15) is 18.1 Å². The van der Waals surface area contributed by atoms with Crippen LogP contribution in [0.1, 0.15) is 5.56 Å². The molecule has 3 aromatic carbocycles. The molecule has 0 heterocycles. The summed E-state index contributed by atoms with van der Waals surface area (Å²) < 4.78 is 11.2. The Morgan fingerprint density at radius 2 is 1.41 bits per heavy atom. The van der Waals surface area contributed by atoms with Crippen LogP contribution in [0.5, 0.6) is 11.5 Å². The third-order valence-corrected chi connectivity index (χ3v) is 4.02. The van der Waals surface area contributed by atoms with Crippen LogP contribution in [0.3, 0.4) is 0 Å². The zero-order valence-corrected chi connectivity index (χ0v) is 15.8. The van der Waals surface area contributed by atoms with Crippen LogP contribution in [0.15, 0.2) is 72.8 Å². The first-order valence-corrected chi connectivity index (χ1v) is 8.99. The van der Waals surface area contributed by atoms with Crippen molar-refractivity contribution in [3.05, 3.63) is 88.4 Å². The maximum absolute atomic E-state index is 12.0. The quantitative estimate of drug-likeness (QED) is 0.561. The number of hydrogen-bond acceptors (Lipinski definition) is 3. The molecule has 0 unspecified atom stereocenters. The van der Waals surface area contributed by atoms with Crippen molar-refractivity contribution < 1.29 is 14.3 Å². The summed E-state index contributed by atoms with van der Waals surface area (Å²) >= 11 is 11.8. The van der Waals surface area contributed by atoms with Gasteiger partial charge in [-0.3, -0.25) is 4.79 Å². The van der Waals surface area contributed by atoms with E-state index in [1.807, 2.05) is 30.3 Å². The molecule has 3 rings (SSSR count). The van der Waals surface area contributed by atoms with Gasteiger partial charge in [0.15, 0.2) is 6.61 Å². The maximum Gasteiger partial charge on any atom is 0.262 e. The molecule has 0 aliphatic rings. The van der Waals surface area contributed by atoms with Crippen LogP contribution in [-0.2, 0) is 11.4 Å². The molecule has 0 atom stereocenters. The standard InChI is InChI=1S/C21H17Cl2NO3/c22-16-10-17(23)12-18(11-16)24-21(25)14-27-20-8-6-19(7-9-20)26-13-15-4-2-1-3-5-15/h1-12H,13-14H2,(H,24,25). The normalized spacial score (nSPS) is 10.3. The van der Waals surface area contributed by atoms with Gasteiger partial charge in [0.05, 0.1) is 0 Å². The minimum atomic E-state index is -0.308. The molecule has 1 amide bonds. The van der Waals surface area contributed by atoms with Gasteiger partial charge in [-0.25, -0.2) is 0 Å². The van der Waals surface area contributed by atoms with Gasteiger partial charge in [-0.2, -0.15) is 0 Å². The fraction of sp³-hybridized carbons (Fsp3) is 0.0952. The van der Waals surface area contributed by atoms with Crippen molar-refractivity contribution in [3.8, 4) is 11.5 Å². The highest BCUT2D eigenvalue weighted by molar-refractivity contribution is 6.35. The highest BCUT2D eigenvalue weighted by Crippen LogP contribution is 2.22. The van der Waals surface area contributed by atoms with E-state index in [9.17, 15) is 4.79 Å². The lowest BCUT2D eigenvalue weighted by Gasteiger charge is -2.10. The molecule has 138 valence electrons. The Bertz CT molecular complexity index is 879. The van der Waals surface area contributed by atoms with Gasteiger partial charge in [0, 0.05) is 15.7 Å². The smallest absolute Gasteiger partial charge is 0.262 e. The molecule has 0 saturated heterocycles. The molecular formula is C21H17Cl2NO3. The lowest BCUT2D eigenvalue weighted by molar-refractivity contribution is -0.118. The molecule has 0 aromatic heterocycles. The molecule has 27 heavy (non-hydrogen) atoms. The average Bonchev–Trinajstić information content (AvgIpc) is 2.65. The van der Waals surface area contributed by atoms with Crippen molar-refractivity contribution in [2.24, 2.45) is 0 Å². The van der Waals surface area contributed by atoms with Crippen LogP contribution in [0.4, 0.5) is 5.69 Å². The van der Waals surface area contributed by atoms with Crippen molar-refractivity contribution in [3.63, 3.8) is 0 Å². The van der Waals surface area contributed by atoms with E-state index in [4.69, 9.17) is 32.7 Å². The molecule has 0 aliphatic carbocycles. The number of halogens is 2. The lowest BCUT2D eigenvalue weighted by Crippen LogP contribution is -2.20. The minimum absolute atomic E-state index is 0.131. The third-order valence-electron chi connectivity index (χ3n) is 3.59. The number of hydrogen-bond donors (Lipinski definition) is 1. The summed E-state index contributed by atoms with van der Waals surface area (Å²) in [7, 11) is 0. The van der Waals surface area contributed by atoms with E-state index in [0.717, 1.165) is 11.3 Å². The second kappa shape index (κ2) is 9.31. The number of carbonyl (C=O) groups is 1. The maximum atomic E-state index is 12.0. The molecule has 0 radical (unpaired) electrons. The second-order valence-corrected chi connectivity index (χ2v) is 6.61. The van der Waals surface area contributed by atoms with Crippen molar-refractivity contribution in [2.45, 2.75) is 6.61 Å². The molecule has 1 N–H and O–H groups in total. The van der Waals surface area contributed by atoms with Gasteiger partial charge in [-0.05, 0) is 48.0 Å².